The zero-order valence-electron chi connectivity index (χ0n) is 14.8. The van der Waals surface area contributed by atoms with Crippen molar-refractivity contribution in [3.05, 3.63) is 63.1 Å². The molecule has 138 valence electrons. The van der Waals surface area contributed by atoms with Crippen LogP contribution in [0.4, 0.5) is 10.5 Å². The molecule has 7 heteroatoms. The van der Waals surface area contributed by atoms with E-state index in [1.807, 2.05) is 32.9 Å². The number of aryl methyl sites for hydroxylation is 2. The Morgan fingerprint density at radius 2 is 1.81 bits per heavy atom. The number of carbonyl (C=O) groups is 2. The van der Waals surface area contributed by atoms with Crippen LogP contribution in [-0.2, 0) is 4.79 Å². The fourth-order valence-corrected chi connectivity index (χ4v) is 3.06. The molecule has 0 saturated heterocycles. The summed E-state index contributed by atoms with van der Waals surface area (Å²) < 4.78 is 0. The fourth-order valence-electron chi connectivity index (χ4n) is 2.49. The quantitative estimate of drug-likeness (QED) is 0.694. The summed E-state index contributed by atoms with van der Waals surface area (Å²) in [6, 6.07) is 10.1. The molecular weight excluding hydrogens is 373 g/mol. The SMILES string of the molecule is Cc1ccc(NC(=O)NC(=O)CN[C@@H](C)c2ccc(Cl)cc2Cl)c(C)c1. The first-order valence-electron chi connectivity index (χ1n) is 8.12. The first-order valence-corrected chi connectivity index (χ1v) is 8.88. The van der Waals surface area contributed by atoms with E-state index >= 15 is 0 Å². The number of hydrogen-bond acceptors (Lipinski definition) is 3. The van der Waals surface area contributed by atoms with Crippen molar-refractivity contribution in [2.24, 2.45) is 0 Å². The molecule has 0 aliphatic heterocycles. The first-order chi connectivity index (χ1) is 12.3. The molecule has 0 aromatic heterocycles. The van der Waals surface area contributed by atoms with Gasteiger partial charge >= 0.3 is 6.03 Å². The maximum atomic E-state index is 12.0. The van der Waals surface area contributed by atoms with Gasteiger partial charge < -0.3 is 10.6 Å². The number of amides is 3. The van der Waals surface area contributed by atoms with E-state index in [0.717, 1.165) is 16.7 Å². The Labute approximate surface area is 163 Å². The monoisotopic (exact) mass is 393 g/mol. The van der Waals surface area contributed by atoms with Gasteiger partial charge in [-0.25, -0.2) is 4.79 Å². The number of urea groups is 1. The molecule has 5 nitrogen and oxygen atoms in total. The van der Waals surface area contributed by atoms with Gasteiger partial charge in [0, 0.05) is 21.8 Å². The summed E-state index contributed by atoms with van der Waals surface area (Å²) in [6.45, 7) is 5.71. The molecule has 2 aromatic rings. The number of anilines is 1. The summed E-state index contributed by atoms with van der Waals surface area (Å²) in [6.07, 6.45) is 0. The van der Waals surface area contributed by atoms with E-state index in [9.17, 15) is 9.59 Å². The lowest BCUT2D eigenvalue weighted by Gasteiger charge is -2.16. The van der Waals surface area contributed by atoms with Crippen molar-refractivity contribution < 1.29 is 9.59 Å². The summed E-state index contributed by atoms with van der Waals surface area (Å²) in [4.78, 5) is 23.9. The zero-order valence-corrected chi connectivity index (χ0v) is 16.3. The summed E-state index contributed by atoms with van der Waals surface area (Å²) in [5.74, 6) is -0.441. The summed E-state index contributed by atoms with van der Waals surface area (Å²) in [5.41, 5.74) is 3.51. The standard InChI is InChI=1S/C19H21Cl2N3O2/c1-11-4-7-17(12(2)8-11)23-19(26)24-18(25)10-22-13(3)15-6-5-14(20)9-16(15)21/h4-9,13,22H,10H2,1-3H3,(H2,23,24,25,26)/t13-/m0/s1. The first kappa shape index (κ1) is 20.2. The van der Waals surface area contributed by atoms with Crippen LogP contribution in [0.3, 0.4) is 0 Å². The Hall–Kier alpha value is -2.08. The Morgan fingerprint density at radius 3 is 2.46 bits per heavy atom. The van der Waals surface area contributed by atoms with Crippen LogP contribution < -0.4 is 16.0 Å². The van der Waals surface area contributed by atoms with E-state index in [0.29, 0.717) is 15.7 Å². The molecular formula is C19H21Cl2N3O2. The molecule has 3 N–H and O–H groups in total. The normalized spacial score (nSPS) is 11.7. The summed E-state index contributed by atoms with van der Waals surface area (Å²) in [7, 11) is 0. The van der Waals surface area contributed by atoms with Crippen molar-refractivity contribution in [1.29, 1.82) is 0 Å². The van der Waals surface area contributed by atoms with E-state index in [1.165, 1.54) is 0 Å². The number of carbonyl (C=O) groups excluding carboxylic acids is 2. The minimum atomic E-state index is -0.569. The Morgan fingerprint density at radius 1 is 1.08 bits per heavy atom. The largest absolute Gasteiger partial charge is 0.325 e. The molecule has 3 amide bonds. The Kier molecular flexibility index (Phi) is 7.03. The van der Waals surface area contributed by atoms with Gasteiger partial charge in [-0.05, 0) is 50.1 Å². The van der Waals surface area contributed by atoms with Crippen molar-refractivity contribution in [1.82, 2.24) is 10.6 Å². The van der Waals surface area contributed by atoms with Gasteiger partial charge in [0.1, 0.15) is 0 Å². The molecule has 2 aromatic carbocycles. The number of hydrogen-bond donors (Lipinski definition) is 3. The van der Waals surface area contributed by atoms with Crippen molar-refractivity contribution in [2.75, 3.05) is 11.9 Å². The van der Waals surface area contributed by atoms with Crippen LogP contribution in [0.25, 0.3) is 0 Å². The molecule has 0 aliphatic carbocycles. The summed E-state index contributed by atoms with van der Waals surface area (Å²) in [5, 5.41) is 9.06. The smallest absolute Gasteiger partial charge is 0.307 e. The highest BCUT2D eigenvalue weighted by molar-refractivity contribution is 6.35. The Bertz CT molecular complexity index is 824. The third-order valence-electron chi connectivity index (χ3n) is 3.88. The van der Waals surface area contributed by atoms with Crippen LogP contribution in [0.5, 0.6) is 0 Å². The van der Waals surface area contributed by atoms with Gasteiger partial charge in [-0.2, -0.15) is 0 Å². The lowest BCUT2D eigenvalue weighted by Crippen LogP contribution is -2.40. The average molecular weight is 394 g/mol. The second-order valence-corrected chi connectivity index (χ2v) is 6.93. The molecule has 0 heterocycles. The predicted molar refractivity (Wildman–Crippen MR) is 106 cm³/mol. The predicted octanol–water partition coefficient (Wildman–Crippen LogP) is 4.61. The average Bonchev–Trinajstić information content (AvgIpc) is 2.55. The van der Waals surface area contributed by atoms with Gasteiger partial charge in [0.25, 0.3) is 0 Å². The van der Waals surface area contributed by atoms with Crippen LogP contribution in [0, 0.1) is 13.8 Å². The van der Waals surface area contributed by atoms with E-state index in [-0.39, 0.29) is 12.6 Å². The van der Waals surface area contributed by atoms with Crippen molar-refractivity contribution in [2.45, 2.75) is 26.8 Å². The number of halogens is 2. The second kappa shape index (κ2) is 9.03. The molecule has 0 spiro atoms. The minimum Gasteiger partial charge on any atom is -0.307 e. The maximum absolute atomic E-state index is 12.0. The van der Waals surface area contributed by atoms with Crippen molar-refractivity contribution in [3.63, 3.8) is 0 Å². The van der Waals surface area contributed by atoms with Crippen LogP contribution >= 0.6 is 23.2 Å². The topological polar surface area (TPSA) is 70.2 Å². The molecule has 0 radical (unpaired) electrons. The van der Waals surface area contributed by atoms with E-state index in [1.54, 1.807) is 24.3 Å². The number of imide groups is 1. The van der Waals surface area contributed by atoms with Gasteiger partial charge in [0.05, 0.1) is 6.54 Å². The molecule has 0 saturated carbocycles. The van der Waals surface area contributed by atoms with Gasteiger partial charge in [-0.1, -0.05) is 47.0 Å². The van der Waals surface area contributed by atoms with Crippen molar-refractivity contribution in [3.8, 4) is 0 Å². The van der Waals surface area contributed by atoms with Crippen LogP contribution in [0.1, 0.15) is 29.7 Å². The molecule has 26 heavy (non-hydrogen) atoms. The second-order valence-electron chi connectivity index (χ2n) is 6.09. The maximum Gasteiger partial charge on any atom is 0.325 e. The molecule has 0 fully saturated rings. The number of benzene rings is 2. The molecule has 2 rings (SSSR count). The summed E-state index contributed by atoms with van der Waals surface area (Å²) >= 11 is 12.0. The van der Waals surface area contributed by atoms with Gasteiger partial charge in [-0.15, -0.1) is 0 Å². The third-order valence-corrected chi connectivity index (χ3v) is 4.44. The highest BCUT2D eigenvalue weighted by Crippen LogP contribution is 2.25. The van der Waals surface area contributed by atoms with E-state index < -0.39 is 11.9 Å². The number of nitrogens with one attached hydrogen (secondary N) is 3. The molecule has 0 bridgehead atoms. The minimum absolute atomic E-state index is 0.0274. The number of rotatable bonds is 5. The highest BCUT2D eigenvalue weighted by Gasteiger charge is 2.13. The third kappa shape index (κ3) is 5.73. The van der Waals surface area contributed by atoms with Crippen molar-refractivity contribution >= 4 is 40.8 Å². The van der Waals surface area contributed by atoms with E-state index in [4.69, 9.17) is 23.2 Å². The van der Waals surface area contributed by atoms with Gasteiger partial charge in [-0.3, -0.25) is 10.1 Å². The van der Waals surface area contributed by atoms with E-state index in [2.05, 4.69) is 16.0 Å². The van der Waals surface area contributed by atoms with Crippen LogP contribution in [-0.4, -0.2) is 18.5 Å². The molecule has 0 aliphatic rings. The van der Waals surface area contributed by atoms with Crippen LogP contribution in [0.2, 0.25) is 10.0 Å². The Balaban J connectivity index is 1.85. The van der Waals surface area contributed by atoms with Crippen LogP contribution in [0.15, 0.2) is 36.4 Å². The molecule has 0 unspecified atom stereocenters. The zero-order chi connectivity index (χ0) is 19.3. The highest BCUT2D eigenvalue weighted by atomic mass is 35.5. The lowest BCUT2D eigenvalue weighted by atomic mass is 10.1. The van der Waals surface area contributed by atoms with Gasteiger partial charge in [0.15, 0.2) is 0 Å². The fraction of sp³-hybridized carbons (Fsp3) is 0.263. The van der Waals surface area contributed by atoms with Gasteiger partial charge in [0.2, 0.25) is 5.91 Å². The molecule has 1 atom stereocenters. The lowest BCUT2D eigenvalue weighted by molar-refractivity contribution is -0.119.